The van der Waals surface area contributed by atoms with Gasteiger partial charge in [-0.05, 0) is 40.4 Å². The van der Waals surface area contributed by atoms with Gasteiger partial charge in [0.2, 0.25) is 0 Å². The van der Waals surface area contributed by atoms with Crippen LogP contribution in [-0.2, 0) is 0 Å². The zero-order chi connectivity index (χ0) is 9.42. The van der Waals surface area contributed by atoms with E-state index >= 15 is 0 Å². The monoisotopic (exact) mass is 192 g/mol. The zero-order valence-corrected chi connectivity index (χ0v) is 8.56. The Balaban J connectivity index is 2.69. The van der Waals surface area contributed by atoms with Crippen molar-refractivity contribution < 1.29 is 5.11 Å². The molecule has 1 aromatic heterocycles. The summed E-state index contributed by atoms with van der Waals surface area (Å²) in [5.74, 6) is 0.799. The predicted molar refractivity (Wildman–Crippen MR) is 57.6 cm³/mol. The molecule has 0 atom stereocenters. The third kappa shape index (κ3) is 1.42. The van der Waals surface area contributed by atoms with Crippen molar-refractivity contribution in [1.29, 1.82) is 0 Å². The number of benzene rings is 1. The van der Waals surface area contributed by atoms with Gasteiger partial charge in [0.15, 0.2) is 0 Å². The van der Waals surface area contributed by atoms with Gasteiger partial charge < -0.3 is 5.11 Å². The van der Waals surface area contributed by atoms with Crippen LogP contribution >= 0.6 is 11.3 Å². The molecule has 1 N–H and O–H groups in total. The fourth-order valence-corrected chi connectivity index (χ4v) is 2.29. The summed E-state index contributed by atoms with van der Waals surface area (Å²) in [5.41, 5.74) is 1.04. The summed E-state index contributed by atoms with van der Waals surface area (Å²) >= 11 is 1.72. The van der Waals surface area contributed by atoms with Crippen molar-refractivity contribution in [2.45, 2.75) is 19.8 Å². The Hall–Kier alpha value is -1.02. The van der Waals surface area contributed by atoms with E-state index in [9.17, 15) is 5.11 Å². The SMILES string of the molecule is CC(C)c1cc2sccc2cc1O. The van der Waals surface area contributed by atoms with Gasteiger partial charge in [-0.2, -0.15) is 0 Å². The lowest BCUT2D eigenvalue weighted by Gasteiger charge is -2.07. The molecule has 1 aromatic carbocycles. The van der Waals surface area contributed by atoms with Crippen molar-refractivity contribution in [3.63, 3.8) is 0 Å². The highest BCUT2D eigenvalue weighted by atomic mass is 32.1. The van der Waals surface area contributed by atoms with Crippen LogP contribution in [0.4, 0.5) is 0 Å². The van der Waals surface area contributed by atoms with Gasteiger partial charge in [-0.3, -0.25) is 0 Å². The van der Waals surface area contributed by atoms with Crippen LogP contribution < -0.4 is 0 Å². The second-order valence-corrected chi connectivity index (χ2v) is 4.47. The van der Waals surface area contributed by atoms with Gasteiger partial charge >= 0.3 is 0 Å². The van der Waals surface area contributed by atoms with Crippen molar-refractivity contribution in [2.24, 2.45) is 0 Å². The smallest absolute Gasteiger partial charge is 0.119 e. The first-order valence-corrected chi connectivity index (χ1v) is 5.26. The molecule has 1 nitrogen and oxygen atoms in total. The lowest BCUT2D eigenvalue weighted by molar-refractivity contribution is 0.466. The zero-order valence-electron chi connectivity index (χ0n) is 7.74. The molecule has 0 saturated carbocycles. The fraction of sp³-hybridized carbons (Fsp3) is 0.273. The van der Waals surface area contributed by atoms with Crippen LogP contribution in [0.2, 0.25) is 0 Å². The predicted octanol–water partition coefficient (Wildman–Crippen LogP) is 3.73. The summed E-state index contributed by atoms with van der Waals surface area (Å²) in [6.07, 6.45) is 0. The first-order valence-electron chi connectivity index (χ1n) is 4.38. The summed E-state index contributed by atoms with van der Waals surface area (Å²) in [6.45, 7) is 4.18. The molecule has 0 bridgehead atoms. The van der Waals surface area contributed by atoms with Crippen molar-refractivity contribution >= 4 is 21.4 Å². The van der Waals surface area contributed by atoms with E-state index in [4.69, 9.17) is 0 Å². The van der Waals surface area contributed by atoms with Crippen LogP contribution in [0.5, 0.6) is 5.75 Å². The molecule has 0 unspecified atom stereocenters. The number of aromatic hydroxyl groups is 1. The molecule has 13 heavy (non-hydrogen) atoms. The molecule has 0 radical (unpaired) electrons. The molecule has 0 aliphatic rings. The quantitative estimate of drug-likeness (QED) is 0.730. The molecule has 0 aliphatic heterocycles. The summed E-state index contributed by atoms with van der Waals surface area (Å²) in [4.78, 5) is 0. The normalized spacial score (nSPS) is 11.3. The van der Waals surface area contributed by atoms with E-state index in [0.717, 1.165) is 10.9 Å². The molecule has 2 heteroatoms. The van der Waals surface area contributed by atoms with Crippen molar-refractivity contribution in [1.82, 2.24) is 0 Å². The van der Waals surface area contributed by atoms with Gasteiger partial charge in [0, 0.05) is 4.70 Å². The molecule has 2 rings (SSSR count). The van der Waals surface area contributed by atoms with E-state index in [-0.39, 0.29) is 0 Å². The fourth-order valence-electron chi connectivity index (χ4n) is 1.48. The number of rotatable bonds is 1. The summed E-state index contributed by atoms with van der Waals surface area (Å²) in [6, 6.07) is 5.96. The van der Waals surface area contributed by atoms with Crippen LogP contribution in [0.1, 0.15) is 25.3 Å². The first-order chi connectivity index (χ1) is 6.18. The van der Waals surface area contributed by atoms with Gasteiger partial charge in [0.05, 0.1) is 0 Å². The van der Waals surface area contributed by atoms with E-state index in [2.05, 4.69) is 19.9 Å². The highest BCUT2D eigenvalue weighted by Crippen LogP contribution is 2.32. The molecule has 2 aromatic rings. The van der Waals surface area contributed by atoms with Gasteiger partial charge in [-0.15, -0.1) is 11.3 Å². The summed E-state index contributed by atoms with van der Waals surface area (Å²) < 4.78 is 1.25. The Morgan fingerprint density at radius 1 is 1.31 bits per heavy atom. The molecule has 0 fully saturated rings. The minimum atomic E-state index is 0.381. The maximum Gasteiger partial charge on any atom is 0.119 e. The highest BCUT2D eigenvalue weighted by molar-refractivity contribution is 7.17. The van der Waals surface area contributed by atoms with Crippen molar-refractivity contribution in [2.75, 3.05) is 0 Å². The Bertz CT molecular complexity index is 429. The van der Waals surface area contributed by atoms with Gasteiger partial charge in [-0.25, -0.2) is 0 Å². The summed E-state index contributed by atoms with van der Waals surface area (Å²) in [7, 11) is 0. The number of phenolic OH excluding ortho intramolecular Hbond substituents is 1. The number of fused-ring (bicyclic) bond motifs is 1. The van der Waals surface area contributed by atoms with Crippen LogP contribution in [-0.4, -0.2) is 5.11 Å². The van der Waals surface area contributed by atoms with E-state index < -0.39 is 0 Å². The number of phenols is 1. The lowest BCUT2D eigenvalue weighted by Crippen LogP contribution is -1.86. The maximum absolute atomic E-state index is 9.70. The first kappa shape index (κ1) is 8.57. The number of thiophene rings is 1. The average molecular weight is 192 g/mol. The second kappa shape index (κ2) is 3.04. The standard InChI is InChI=1S/C11H12OS/c1-7(2)9-6-11-8(3-4-13-11)5-10(9)12/h3-7,12H,1-2H3. The maximum atomic E-state index is 9.70. The lowest BCUT2D eigenvalue weighted by atomic mass is 10.0. The molecule has 0 aliphatic carbocycles. The summed E-state index contributed by atoms with van der Waals surface area (Å²) in [5, 5.41) is 12.9. The molecule has 0 amide bonds. The third-order valence-corrected chi connectivity index (χ3v) is 3.10. The molecule has 1 heterocycles. The van der Waals surface area contributed by atoms with Gasteiger partial charge in [-0.1, -0.05) is 13.8 Å². The number of hydrogen-bond acceptors (Lipinski definition) is 2. The largest absolute Gasteiger partial charge is 0.508 e. The van der Waals surface area contributed by atoms with E-state index in [1.165, 1.54) is 4.70 Å². The van der Waals surface area contributed by atoms with Crippen LogP contribution in [0.15, 0.2) is 23.6 Å². The molecule has 68 valence electrons. The van der Waals surface area contributed by atoms with Crippen LogP contribution in [0.25, 0.3) is 10.1 Å². The molecule has 0 saturated heterocycles. The molecular weight excluding hydrogens is 180 g/mol. The minimum Gasteiger partial charge on any atom is -0.508 e. The second-order valence-electron chi connectivity index (χ2n) is 3.52. The van der Waals surface area contributed by atoms with Gasteiger partial charge in [0.25, 0.3) is 0 Å². The van der Waals surface area contributed by atoms with Crippen LogP contribution in [0.3, 0.4) is 0 Å². The van der Waals surface area contributed by atoms with E-state index in [1.807, 2.05) is 17.5 Å². The Morgan fingerprint density at radius 2 is 2.08 bits per heavy atom. The molecular formula is C11H12OS. The Kier molecular flexibility index (Phi) is 2.00. The highest BCUT2D eigenvalue weighted by Gasteiger charge is 2.07. The Labute approximate surface area is 81.6 Å². The average Bonchev–Trinajstić information content (AvgIpc) is 2.48. The van der Waals surface area contributed by atoms with E-state index in [0.29, 0.717) is 11.7 Å². The third-order valence-electron chi connectivity index (χ3n) is 2.22. The molecule has 0 spiro atoms. The van der Waals surface area contributed by atoms with Crippen molar-refractivity contribution in [3.8, 4) is 5.75 Å². The van der Waals surface area contributed by atoms with E-state index in [1.54, 1.807) is 11.3 Å². The Morgan fingerprint density at radius 3 is 2.77 bits per heavy atom. The van der Waals surface area contributed by atoms with Gasteiger partial charge in [0.1, 0.15) is 5.75 Å². The van der Waals surface area contributed by atoms with Crippen LogP contribution in [0, 0.1) is 0 Å². The number of hydrogen-bond donors (Lipinski definition) is 1. The minimum absolute atomic E-state index is 0.381. The topological polar surface area (TPSA) is 20.2 Å². The van der Waals surface area contributed by atoms with Crippen molar-refractivity contribution in [3.05, 3.63) is 29.1 Å².